The molecule has 3 rings (SSSR count). The van der Waals surface area contributed by atoms with Gasteiger partial charge in [-0.15, -0.1) is 0 Å². The zero-order valence-electron chi connectivity index (χ0n) is 20.7. The molecule has 0 bridgehead atoms. The van der Waals surface area contributed by atoms with Gasteiger partial charge in [-0.1, -0.05) is 38.8 Å². The highest BCUT2D eigenvalue weighted by atomic mass is 16.5. The largest absolute Gasteiger partial charge is 0.495 e. The van der Waals surface area contributed by atoms with Crippen molar-refractivity contribution >= 4 is 28.9 Å². The number of ether oxygens (including phenoxy) is 1. The molecule has 1 aliphatic heterocycles. The van der Waals surface area contributed by atoms with E-state index in [1.807, 2.05) is 43.3 Å². The van der Waals surface area contributed by atoms with Crippen LogP contribution in [0.1, 0.15) is 56.3 Å². The average molecular weight is 467 g/mol. The summed E-state index contributed by atoms with van der Waals surface area (Å²) in [5.74, 6) is 0.757. The second-order valence-electron chi connectivity index (χ2n) is 8.64. The van der Waals surface area contributed by atoms with Crippen molar-refractivity contribution in [3.05, 3.63) is 48.0 Å². The second kappa shape index (κ2) is 12.9. The maximum absolute atomic E-state index is 13.0. The number of para-hydroxylation sites is 2. The summed E-state index contributed by atoms with van der Waals surface area (Å²) in [5.41, 5.74) is 3.26. The van der Waals surface area contributed by atoms with Crippen molar-refractivity contribution in [1.29, 1.82) is 0 Å². The molecule has 0 unspecified atom stereocenters. The lowest BCUT2D eigenvalue weighted by atomic mass is 10.1. The van der Waals surface area contributed by atoms with E-state index in [4.69, 9.17) is 4.74 Å². The Morgan fingerprint density at radius 2 is 1.62 bits per heavy atom. The molecule has 0 saturated carbocycles. The van der Waals surface area contributed by atoms with Crippen LogP contribution in [0, 0.1) is 0 Å². The lowest BCUT2D eigenvalue weighted by Gasteiger charge is -2.38. The van der Waals surface area contributed by atoms with E-state index >= 15 is 0 Å². The summed E-state index contributed by atoms with van der Waals surface area (Å²) in [4.78, 5) is 29.9. The van der Waals surface area contributed by atoms with Crippen molar-refractivity contribution in [2.24, 2.45) is 0 Å². The first-order chi connectivity index (χ1) is 16.6. The van der Waals surface area contributed by atoms with E-state index in [1.54, 1.807) is 7.11 Å². The Bertz CT molecular complexity index is 955. The van der Waals surface area contributed by atoms with Crippen LogP contribution in [0.5, 0.6) is 5.75 Å². The predicted octanol–water partition coefficient (Wildman–Crippen LogP) is 4.68. The van der Waals surface area contributed by atoms with Crippen molar-refractivity contribution < 1.29 is 14.3 Å². The molecule has 2 amide bonds. The normalized spacial score (nSPS) is 13.5. The number of carbonyl (C=O) groups is 2. The molecular formula is C27H38N4O3. The van der Waals surface area contributed by atoms with Crippen LogP contribution in [0.2, 0.25) is 0 Å². The van der Waals surface area contributed by atoms with E-state index in [0.29, 0.717) is 24.2 Å². The number of unbranched alkanes of at least 4 members (excludes halogenated alkanes) is 2. The molecule has 2 aromatic rings. The minimum atomic E-state index is -0.105. The molecular weight excluding hydrogens is 428 g/mol. The summed E-state index contributed by atoms with van der Waals surface area (Å²) in [7, 11) is 1.69. The second-order valence-corrected chi connectivity index (χ2v) is 8.64. The quantitative estimate of drug-likeness (QED) is 0.471. The number of nitrogens with one attached hydrogen (secondary N) is 2. The van der Waals surface area contributed by atoms with Crippen LogP contribution in [-0.2, 0) is 4.79 Å². The van der Waals surface area contributed by atoms with Crippen molar-refractivity contribution in [1.82, 2.24) is 5.32 Å². The van der Waals surface area contributed by atoms with Gasteiger partial charge in [-0.25, -0.2) is 0 Å². The van der Waals surface area contributed by atoms with Gasteiger partial charge in [-0.2, -0.15) is 0 Å². The first-order valence-corrected chi connectivity index (χ1v) is 12.4. The maximum Gasteiger partial charge on any atom is 0.253 e. The first kappa shape index (κ1) is 25.4. The Hall–Kier alpha value is -3.22. The molecule has 0 aromatic heterocycles. The van der Waals surface area contributed by atoms with Gasteiger partial charge in [0.2, 0.25) is 5.91 Å². The van der Waals surface area contributed by atoms with Crippen LogP contribution < -0.4 is 25.2 Å². The van der Waals surface area contributed by atoms with Gasteiger partial charge in [-0.3, -0.25) is 9.59 Å². The molecule has 2 aromatic carbocycles. The zero-order chi connectivity index (χ0) is 24.3. The molecule has 0 radical (unpaired) electrons. The Balaban J connectivity index is 1.74. The molecule has 7 nitrogen and oxygen atoms in total. The van der Waals surface area contributed by atoms with Gasteiger partial charge in [-0.05, 0) is 43.2 Å². The summed E-state index contributed by atoms with van der Waals surface area (Å²) in [6.07, 6.45) is 4.36. The van der Waals surface area contributed by atoms with Crippen molar-refractivity contribution in [2.75, 3.05) is 55.0 Å². The maximum atomic E-state index is 13.0. The Labute approximate surface area is 203 Å². The SMILES string of the molecule is CCCCCC(=O)Nc1ccc(N2CCN(c3ccccc3OC)CC2)c(C(=O)NCCC)c1. The molecule has 7 heteroatoms. The lowest BCUT2D eigenvalue weighted by molar-refractivity contribution is -0.116. The number of amides is 2. The molecule has 0 spiro atoms. The van der Waals surface area contributed by atoms with E-state index in [2.05, 4.69) is 33.4 Å². The highest BCUT2D eigenvalue weighted by Crippen LogP contribution is 2.31. The van der Waals surface area contributed by atoms with Crippen LogP contribution in [0.25, 0.3) is 0 Å². The van der Waals surface area contributed by atoms with Crippen LogP contribution in [0.4, 0.5) is 17.1 Å². The molecule has 1 saturated heterocycles. The summed E-state index contributed by atoms with van der Waals surface area (Å²) < 4.78 is 5.53. The Kier molecular flexibility index (Phi) is 9.62. The van der Waals surface area contributed by atoms with Gasteiger partial charge in [0.15, 0.2) is 0 Å². The van der Waals surface area contributed by atoms with E-state index in [0.717, 1.165) is 69.0 Å². The molecule has 1 aliphatic rings. The zero-order valence-corrected chi connectivity index (χ0v) is 20.7. The number of methoxy groups -OCH3 is 1. The molecule has 0 aliphatic carbocycles. The summed E-state index contributed by atoms with van der Waals surface area (Å²) >= 11 is 0. The number of rotatable bonds is 11. The third-order valence-electron chi connectivity index (χ3n) is 6.11. The molecule has 0 atom stereocenters. The fraction of sp³-hybridized carbons (Fsp3) is 0.481. The number of carbonyl (C=O) groups excluding carboxylic acids is 2. The fourth-order valence-corrected chi connectivity index (χ4v) is 4.24. The van der Waals surface area contributed by atoms with Crippen molar-refractivity contribution in [3.63, 3.8) is 0 Å². The molecule has 1 fully saturated rings. The summed E-state index contributed by atoms with van der Waals surface area (Å²) in [5, 5.41) is 5.96. The fourth-order valence-electron chi connectivity index (χ4n) is 4.24. The lowest BCUT2D eigenvalue weighted by Crippen LogP contribution is -2.47. The smallest absolute Gasteiger partial charge is 0.253 e. The number of hydrogen-bond acceptors (Lipinski definition) is 5. The standard InChI is InChI=1S/C27H38N4O3/c1-4-6-7-12-26(32)29-21-13-14-23(22(20-21)27(33)28-15-5-2)30-16-18-31(19-17-30)24-10-8-9-11-25(24)34-3/h8-11,13-14,20H,4-7,12,15-19H2,1-3H3,(H,28,33)(H,29,32). The number of hydrogen-bond donors (Lipinski definition) is 2. The van der Waals surface area contributed by atoms with Gasteiger partial charge in [0.05, 0.1) is 18.4 Å². The highest BCUT2D eigenvalue weighted by Gasteiger charge is 2.23. The van der Waals surface area contributed by atoms with E-state index in [9.17, 15) is 9.59 Å². The molecule has 2 N–H and O–H groups in total. The van der Waals surface area contributed by atoms with Gasteiger partial charge < -0.3 is 25.2 Å². The number of benzene rings is 2. The van der Waals surface area contributed by atoms with Gasteiger partial charge in [0.25, 0.3) is 5.91 Å². The third kappa shape index (κ3) is 6.65. The average Bonchev–Trinajstić information content (AvgIpc) is 2.87. The Morgan fingerprint density at radius 1 is 0.912 bits per heavy atom. The molecule has 184 valence electrons. The van der Waals surface area contributed by atoms with Gasteiger partial charge >= 0.3 is 0 Å². The van der Waals surface area contributed by atoms with Crippen molar-refractivity contribution in [3.8, 4) is 5.75 Å². The van der Waals surface area contributed by atoms with Gasteiger partial charge in [0.1, 0.15) is 5.75 Å². The summed E-state index contributed by atoms with van der Waals surface area (Å²) in [6, 6.07) is 13.7. The number of anilines is 3. The van der Waals surface area contributed by atoms with Crippen LogP contribution in [0.15, 0.2) is 42.5 Å². The van der Waals surface area contributed by atoms with Crippen LogP contribution in [0.3, 0.4) is 0 Å². The van der Waals surface area contributed by atoms with Gasteiger partial charge in [0, 0.05) is 50.5 Å². The molecule has 1 heterocycles. The minimum absolute atomic E-state index is 0.00783. The molecule has 34 heavy (non-hydrogen) atoms. The first-order valence-electron chi connectivity index (χ1n) is 12.4. The predicted molar refractivity (Wildman–Crippen MR) is 139 cm³/mol. The van der Waals surface area contributed by atoms with E-state index in [-0.39, 0.29) is 11.8 Å². The summed E-state index contributed by atoms with van der Waals surface area (Å²) in [6.45, 7) is 7.99. The van der Waals surface area contributed by atoms with Crippen molar-refractivity contribution in [2.45, 2.75) is 46.0 Å². The topological polar surface area (TPSA) is 73.9 Å². The minimum Gasteiger partial charge on any atom is -0.495 e. The third-order valence-corrected chi connectivity index (χ3v) is 6.11. The Morgan fingerprint density at radius 3 is 2.29 bits per heavy atom. The number of nitrogens with zero attached hydrogens (tertiary/aromatic N) is 2. The monoisotopic (exact) mass is 466 g/mol. The number of piperazine rings is 1. The van der Waals surface area contributed by atoms with E-state index in [1.165, 1.54) is 0 Å². The highest BCUT2D eigenvalue weighted by molar-refractivity contribution is 6.02. The van der Waals surface area contributed by atoms with E-state index < -0.39 is 0 Å². The van der Waals surface area contributed by atoms with Crippen LogP contribution >= 0.6 is 0 Å². The van der Waals surface area contributed by atoms with Crippen LogP contribution in [-0.4, -0.2) is 51.6 Å².